The van der Waals surface area contributed by atoms with Crippen LogP contribution < -0.4 is 0 Å². The van der Waals surface area contributed by atoms with E-state index in [0.29, 0.717) is 29.9 Å². The normalized spacial score (nSPS) is 16.5. The molecule has 0 radical (unpaired) electrons. The minimum atomic E-state index is -0.885. The zero-order valence-corrected chi connectivity index (χ0v) is 9.48. The van der Waals surface area contributed by atoms with Gasteiger partial charge in [-0.05, 0) is 25.0 Å². The van der Waals surface area contributed by atoms with Gasteiger partial charge in [0.15, 0.2) is 0 Å². The third-order valence-corrected chi connectivity index (χ3v) is 3.35. The first kappa shape index (κ1) is 11.0. The van der Waals surface area contributed by atoms with Gasteiger partial charge >= 0.3 is 5.97 Å². The number of H-pyrrole nitrogens is 1. The van der Waals surface area contributed by atoms with Crippen LogP contribution in [-0.2, 0) is 10.2 Å². The molecule has 18 heavy (non-hydrogen) atoms. The molecule has 1 aromatic heterocycles. The van der Waals surface area contributed by atoms with Gasteiger partial charge < -0.3 is 10.1 Å². The number of aliphatic carboxylic acids is 1. The Kier molecular flexibility index (Phi) is 2.23. The molecule has 1 heterocycles. The fourth-order valence-corrected chi connectivity index (χ4v) is 2.06. The Hall–Kier alpha value is -2.17. The second-order valence-electron chi connectivity index (χ2n) is 4.51. The van der Waals surface area contributed by atoms with Crippen LogP contribution in [0.2, 0.25) is 0 Å². The van der Waals surface area contributed by atoms with Crippen LogP contribution >= 0.6 is 0 Å². The second-order valence-corrected chi connectivity index (χ2v) is 4.51. The van der Waals surface area contributed by atoms with E-state index in [9.17, 15) is 9.18 Å². The Morgan fingerprint density at radius 2 is 2.11 bits per heavy atom. The number of rotatable bonds is 3. The van der Waals surface area contributed by atoms with E-state index >= 15 is 0 Å². The summed E-state index contributed by atoms with van der Waals surface area (Å²) in [5.41, 5.74) is 0.0248. The molecule has 0 amide bonds. The highest BCUT2D eigenvalue weighted by atomic mass is 19.1. The van der Waals surface area contributed by atoms with Crippen LogP contribution in [0.1, 0.15) is 18.7 Å². The smallest absolute Gasteiger partial charge is 0.317 e. The number of hydrogen-bond acceptors (Lipinski definition) is 2. The van der Waals surface area contributed by atoms with Gasteiger partial charge in [-0.1, -0.05) is 12.1 Å². The predicted octanol–water partition coefficient (Wildman–Crippen LogP) is 2.33. The summed E-state index contributed by atoms with van der Waals surface area (Å²) in [4.78, 5) is 18.2. The second kappa shape index (κ2) is 3.66. The highest BCUT2D eigenvalue weighted by molar-refractivity contribution is 5.84. The predicted molar refractivity (Wildman–Crippen MR) is 62.5 cm³/mol. The van der Waals surface area contributed by atoms with E-state index in [4.69, 9.17) is 5.11 Å². The first-order chi connectivity index (χ1) is 8.63. The van der Waals surface area contributed by atoms with Crippen molar-refractivity contribution >= 4 is 5.97 Å². The van der Waals surface area contributed by atoms with Gasteiger partial charge in [-0.15, -0.1) is 0 Å². The Labute approximate surface area is 102 Å². The third kappa shape index (κ3) is 1.51. The number of aromatic amines is 1. The van der Waals surface area contributed by atoms with Crippen molar-refractivity contribution in [3.63, 3.8) is 0 Å². The molecular formula is C13H11FN2O2. The van der Waals surface area contributed by atoms with Crippen molar-refractivity contribution in [1.29, 1.82) is 0 Å². The summed E-state index contributed by atoms with van der Waals surface area (Å²) >= 11 is 0. The quantitative estimate of drug-likeness (QED) is 0.873. The van der Waals surface area contributed by atoms with Crippen LogP contribution in [-0.4, -0.2) is 21.0 Å². The molecule has 3 rings (SSSR count). The molecule has 0 atom stereocenters. The molecule has 1 aromatic carbocycles. The molecule has 0 unspecified atom stereocenters. The lowest BCUT2D eigenvalue weighted by Gasteiger charge is -2.05. The van der Waals surface area contributed by atoms with E-state index in [-0.39, 0.29) is 5.82 Å². The third-order valence-electron chi connectivity index (χ3n) is 3.35. The van der Waals surface area contributed by atoms with E-state index < -0.39 is 11.4 Å². The highest BCUT2D eigenvalue weighted by Gasteiger charge is 2.54. The molecule has 2 aromatic rings. The molecule has 2 N–H and O–H groups in total. The van der Waals surface area contributed by atoms with Crippen LogP contribution in [0.25, 0.3) is 11.3 Å². The number of benzene rings is 1. The number of nitrogens with zero attached hydrogens (tertiary/aromatic N) is 1. The van der Waals surface area contributed by atoms with Crippen molar-refractivity contribution < 1.29 is 14.3 Å². The summed E-state index contributed by atoms with van der Waals surface area (Å²) in [6.07, 6.45) is 2.63. The van der Waals surface area contributed by atoms with E-state index in [1.165, 1.54) is 12.3 Å². The molecule has 0 aliphatic heterocycles. The SMILES string of the molecule is O=C(O)C1(c2ncc(-c3ccccc3F)[nH]2)CC1. The molecule has 92 valence electrons. The van der Waals surface area contributed by atoms with Crippen LogP contribution in [0.5, 0.6) is 0 Å². The van der Waals surface area contributed by atoms with Gasteiger partial charge in [-0.2, -0.15) is 0 Å². The van der Waals surface area contributed by atoms with Crippen molar-refractivity contribution in [1.82, 2.24) is 9.97 Å². The maximum Gasteiger partial charge on any atom is 0.317 e. The van der Waals surface area contributed by atoms with Crippen molar-refractivity contribution in [2.75, 3.05) is 0 Å². The number of halogens is 1. The number of carboxylic acid groups (broad SMARTS) is 1. The van der Waals surface area contributed by atoms with E-state index in [1.807, 2.05) is 0 Å². The summed E-state index contributed by atoms with van der Waals surface area (Å²) in [6.45, 7) is 0. The number of hydrogen-bond donors (Lipinski definition) is 2. The molecule has 1 fully saturated rings. The van der Waals surface area contributed by atoms with E-state index in [2.05, 4.69) is 9.97 Å². The molecule has 0 saturated heterocycles. The Balaban J connectivity index is 2.01. The number of imidazole rings is 1. The van der Waals surface area contributed by atoms with Gasteiger partial charge in [-0.3, -0.25) is 4.79 Å². The Morgan fingerprint density at radius 1 is 1.39 bits per heavy atom. The lowest BCUT2D eigenvalue weighted by atomic mass is 10.1. The number of carboxylic acids is 1. The largest absolute Gasteiger partial charge is 0.480 e. The summed E-state index contributed by atoms with van der Waals surface area (Å²) < 4.78 is 13.6. The van der Waals surface area contributed by atoms with Gasteiger partial charge in [0.25, 0.3) is 0 Å². The first-order valence-corrected chi connectivity index (χ1v) is 5.67. The first-order valence-electron chi connectivity index (χ1n) is 5.67. The zero-order valence-electron chi connectivity index (χ0n) is 9.48. The topological polar surface area (TPSA) is 66.0 Å². The summed E-state index contributed by atoms with van der Waals surface area (Å²) in [5.74, 6) is -0.821. The molecule has 1 saturated carbocycles. The maximum atomic E-state index is 13.6. The minimum absolute atomic E-state index is 0.354. The highest BCUT2D eigenvalue weighted by Crippen LogP contribution is 2.47. The zero-order chi connectivity index (χ0) is 12.8. The van der Waals surface area contributed by atoms with Crippen molar-refractivity contribution in [3.05, 3.63) is 42.1 Å². The van der Waals surface area contributed by atoms with Crippen LogP contribution in [0.15, 0.2) is 30.5 Å². The van der Waals surface area contributed by atoms with E-state index in [1.54, 1.807) is 18.2 Å². The lowest BCUT2D eigenvalue weighted by molar-refractivity contribution is -0.140. The molecule has 4 nitrogen and oxygen atoms in total. The van der Waals surface area contributed by atoms with Crippen LogP contribution in [0.3, 0.4) is 0 Å². The summed E-state index contributed by atoms with van der Waals surface area (Å²) in [7, 11) is 0. The number of aromatic nitrogens is 2. The monoisotopic (exact) mass is 246 g/mol. The number of nitrogens with one attached hydrogen (secondary N) is 1. The Bertz CT molecular complexity index is 617. The number of carbonyl (C=O) groups is 1. The molecule has 1 aliphatic carbocycles. The van der Waals surface area contributed by atoms with E-state index in [0.717, 1.165) is 0 Å². The molecule has 0 bridgehead atoms. The van der Waals surface area contributed by atoms with Crippen molar-refractivity contribution in [3.8, 4) is 11.3 Å². The average Bonchev–Trinajstić information content (AvgIpc) is 3.03. The van der Waals surface area contributed by atoms with Crippen LogP contribution in [0.4, 0.5) is 4.39 Å². The lowest BCUT2D eigenvalue weighted by Crippen LogP contribution is -2.20. The average molecular weight is 246 g/mol. The molecule has 5 heteroatoms. The molecule has 0 spiro atoms. The van der Waals surface area contributed by atoms with Gasteiger partial charge in [0, 0.05) is 5.56 Å². The fourth-order valence-electron chi connectivity index (χ4n) is 2.06. The fraction of sp³-hybridized carbons (Fsp3) is 0.231. The molecular weight excluding hydrogens is 235 g/mol. The van der Waals surface area contributed by atoms with Gasteiger partial charge in [-0.25, -0.2) is 9.37 Å². The molecule has 1 aliphatic rings. The standard InChI is InChI=1S/C13H11FN2O2/c14-9-4-2-1-3-8(9)10-7-15-11(16-10)13(5-6-13)12(17)18/h1-4,7H,5-6H2,(H,15,16)(H,17,18). The van der Waals surface area contributed by atoms with Crippen molar-refractivity contribution in [2.24, 2.45) is 0 Å². The van der Waals surface area contributed by atoms with Gasteiger partial charge in [0.1, 0.15) is 17.1 Å². The van der Waals surface area contributed by atoms with Crippen LogP contribution in [0, 0.1) is 5.82 Å². The summed E-state index contributed by atoms with van der Waals surface area (Å²) in [5, 5.41) is 9.16. The van der Waals surface area contributed by atoms with Crippen molar-refractivity contribution in [2.45, 2.75) is 18.3 Å². The maximum absolute atomic E-state index is 13.6. The Morgan fingerprint density at radius 3 is 2.72 bits per heavy atom. The van der Waals surface area contributed by atoms with Gasteiger partial charge in [0.05, 0.1) is 11.9 Å². The summed E-state index contributed by atoms with van der Waals surface area (Å²) in [6, 6.07) is 6.33. The van der Waals surface area contributed by atoms with Gasteiger partial charge in [0.2, 0.25) is 0 Å². The minimum Gasteiger partial charge on any atom is -0.480 e.